The predicted octanol–water partition coefficient (Wildman–Crippen LogP) is 3.58. The highest BCUT2D eigenvalue weighted by Gasteiger charge is 2.15. The molecule has 1 heterocycles. The third-order valence-electron chi connectivity index (χ3n) is 2.66. The minimum atomic E-state index is 0.504. The third-order valence-corrected chi connectivity index (χ3v) is 3.59. The maximum absolute atomic E-state index is 6.19. The van der Waals surface area contributed by atoms with Crippen molar-refractivity contribution in [3.63, 3.8) is 0 Å². The molecule has 0 saturated carbocycles. The zero-order valence-corrected chi connectivity index (χ0v) is 11.1. The van der Waals surface area contributed by atoms with Crippen LogP contribution >= 0.6 is 23.2 Å². The molecule has 1 aromatic heterocycles. The molecular weight excluding hydrogens is 231 g/mol. The van der Waals surface area contributed by atoms with Gasteiger partial charge in [0.05, 0.1) is 16.4 Å². The van der Waals surface area contributed by atoms with Crippen LogP contribution in [0.15, 0.2) is 0 Å². The Morgan fingerprint density at radius 3 is 2.53 bits per heavy atom. The van der Waals surface area contributed by atoms with E-state index in [1.807, 2.05) is 18.7 Å². The van der Waals surface area contributed by atoms with E-state index in [9.17, 15) is 0 Å². The van der Waals surface area contributed by atoms with E-state index in [1.54, 1.807) is 0 Å². The Morgan fingerprint density at radius 1 is 1.47 bits per heavy atom. The average Bonchev–Trinajstić information content (AvgIpc) is 2.44. The lowest BCUT2D eigenvalue weighted by Crippen LogP contribution is -2.10. The molecule has 86 valence electrons. The highest BCUT2D eigenvalue weighted by molar-refractivity contribution is 6.31. The Balaban J connectivity index is 2.78. The summed E-state index contributed by atoms with van der Waals surface area (Å²) in [5.41, 5.74) is 2.01. The molecule has 1 aromatic rings. The molecule has 0 aromatic carbocycles. The molecule has 15 heavy (non-hydrogen) atoms. The largest absolute Gasteiger partial charge is 0.271 e. The van der Waals surface area contributed by atoms with E-state index in [1.165, 1.54) is 0 Å². The van der Waals surface area contributed by atoms with Crippen molar-refractivity contribution in [2.75, 3.05) is 5.88 Å². The van der Waals surface area contributed by atoms with Crippen molar-refractivity contribution < 1.29 is 0 Å². The SMILES string of the molecule is CCCC(CCl)Cc1c(Cl)c(C)nn1C. The van der Waals surface area contributed by atoms with E-state index in [-0.39, 0.29) is 0 Å². The Labute approximate surface area is 102 Å². The lowest BCUT2D eigenvalue weighted by Gasteiger charge is -2.12. The summed E-state index contributed by atoms with van der Waals surface area (Å²) >= 11 is 12.1. The van der Waals surface area contributed by atoms with Gasteiger partial charge in [0.15, 0.2) is 0 Å². The highest BCUT2D eigenvalue weighted by Crippen LogP contribution is 2.24. The Hall–Kier alpha value is -0.210. The lowest BCUT2D eigenvalue weighted by atomic mass is 10.00. The molecule has 1 atom stereocenters. The van der Waals surface area contributed by atoms with Gasteiger partial charge < -0.3 is 0 Å². The van der Waals surface area contributed by atoms with Crippen molar-refractivity contribution >= 4 is 23.2 Å². The van der Waals surface area contributed by atoms with Gasteiger partial charge in [0.25, 0.3) is 0 Å². The van der Waals surface area contributed by atoms with Crippen LogP contribution in [0, 0.1) is 12.8 Å². The zero-order chi connectivity index (χ0) is 11.4. The van der Waals surface area contributed by atoms with E-state index in [0.29, 0.717) is 11.8 Å². The van der Waals surface area contributed by atoms with Crippen LogP contribution in [0.5, 0.6) is 0 Å². The number of hydrogen-bond donors (Lipinski definition) is 0. The summed E-state index contributed by atoms with van der Waals surface area (Å²) in [4.78, 5) is 0. The highest BCUT2D eigenvalue weighted by atomic mass is 35.5. The van der Waals surface area contributed by atoms with Crippen LogP contribution in [0.3, 0.4) is 0 Å². The molecule has 0 aliphatic carbocycles. The standard InChI is InChI=1S/C11H18Cl2N2/c1-4-5-9(7-12)6-10-11(13)8(2)14-15(10)3/h9H,4-7H2,1-3H3. The van der Waals surface area contributed by atoms with Crippen molar-refractivity contribution in [3.05, 3.63) is 16.4 Å². The molecule has 0 aliphatic rings. The van der Waals surface area contributed by atoms with Crippen LogP contribution in [-0.4, -0.2) is 15.7 Å². The Bertz CT molecular complexity index is 321. The molecular formula is C11H18Cl2N2. The molecule has 0 aliphatic heterocycles. The fraction of sp³-hybridized carbons (Fsp3) is 0.727. The van der Waals surface area contributed by atoms with Crippen LogP contribution in [-0.2, 0) is 13.5 Å². The molecule has 1 unspecified atom stereocenters. The van der Waals surface area contributed by atoms with Gasteiger partial charge in [-0.3, -0.25) is 4.68 Å². The minimum Gasteiger partial charge on any atom is -0.271 e. The molecule has 4 heteroatoms. The second-order valence-electron chi connectivity index (χ2n) is 3.98. The maximum Gasteiger partial charge on any atom is 0.0847 e. The van der Waals surface area contributed by atoms with Crippen LogP contribution in [0.1, 0.15) is 31.2 Å². The van der Waals surface area contributed by atoms with E-state index < -0.39 is 0 Å². The normalized spacial score (nSPS) is 13.1. The number of hydrogen-bond acceptors (Lipinski definition) is 1. The molecule has 2 nitrogen and oxygen atoms in total. The number of alkyl halides is 1. The number of rotatable bonds is 5. The molecule has 1 rings (SSSR count). The van der Waals surface area contributed by atoms with Gasteiger partial charge in [-0.1, -0.05) is 24.9 Å². The van der Waals surface area contributed by atoms with E-state index in [4.69, 9.17) is 23.2 Å². The maximum atomic E-state index is 6.19. The second-order valence-corrected chi connectivity index (χ2v) is 4.67. The summed E-state index contributed by atoms with van der Waals surface area (Å²) in [5.74, 6) is 1.19. The predicted molar refractivity (Wildman–Crippen MR) is 65.8 cm³/mol. The number of aryl methyl sites for hydroxylation is 2. The first-order chi connectivity index (χ1) is 7.10. The average molecular weight is 249 g/mol. The van der Waals surface area contributed by atoms with E-state index in [2.05, 4.69) is 12.0 Å². The second kappa shape index (κ2) is 5.76. The first kappa shape index (κ1) is 12.9. The van der Waals surface area contributed by atoms with Gasteiger partial charge in [-0.2, -0.15) is 5.10 Å². The van der Waals surface area contributed by atoms with Gasteiger partial charge in [-0.05, 0) is 25.7 Å². The van der Waals surface area contributed by atoms with E-state index in [0.717, 1.165) is 35.7 Å². The molecule has 0 N–H and O–H groups in total. The summed E-state index contributed by atoms with van der Waals surface area (Å²) in [6.45, 7) is 4.11. The van der Waals surface area contributed by atoms with Crippen molar-refractivity contribution in [1.82, 2.24) is 9.78 Å². The fourth-order valence-corrected chi connectivity index (χ4v) is 2.32. The first-order valence-electron chi connectivity index (χ1n) is 5.34. The lowest BCUT2D eigenvalue weighted by molar-refractivity contribution is 0.508. The van der Waals surface area contributed by atoms with Gasteiger partial charge in [-0.25, -0.2) is 0 Å². The van der Waals surface area contributed by atoms with Gasteiger partial charge in [-0.15, -0.1) is 11.6 Å². The molecule has 0 fully saturated rings. The quantitative estimate of drug-likeness (QED) is 0.729. The van der Waals surface area contributed by atoms with Crippen LogP contribution in [0.4, 0.5) is 0 Å². The Kier molecular flexibility index (Phi) is 4.94. The third kappa shape index (κ3) is 3.12. The number of halogens is 2. The van der Waals surface area contributed by atoms with Gasteiger partial charge >= 0.3 is 0 Å². The van der Waals surface area contributed by atoms with Crippen molar-refractivity contribution in [3.8, 4) is 0 Å². The van der Waals surface area contributed by atoms with Gasteiger partial charge in [0.2, 0.25) is 0 Å². The minimum absolute atomic E-state index is 0.504. The molecule has 0 bridgehead atoms. The Morgan fingerprint density at radius 2 is 2.13 bits per heavy atom. The van der Waals surface area contributed by atoms with Crippen LogP contribution < -0.4 is 0 Å². The van der Waals surface area contributed by atoms with Crippen molar-refractivity contribution in [2.45, 2.75) is 33.1 Å². The van der Waals surface area contributed by atoms with Crippen molar-refractivity contribution in [1.29, 1.82) is 0 Å². The molecule has 0 radical (unpaired) electrons. The van der Waals surface area contributed by atoms with Gasteiger partial charge in [0.1, 0.15) is 0 Å². The summed E-state index contributed by atoms with van der Waals surface area (Å²) < 4.78 is 1.87. The van der Waals surface area contributed by atoms with E-state index >= 15 is 0 Å². The summed E-state index contributed by atoms with van der Waals surface area (Å²) in [5, 5.41) is 5.09. The summed E-state index contributed by atoms with van der Waals surface area (Å²) in [6, 6.07) is 0. The monoisotopic (exact) mass is 248 g/mol. The topological polar surface area (TPSA) is 17.8 Å². The molecule has 0 saturated heterocycles. The summed E-state index contributed by atoms with van der Waals surface area (Å²) in [6.07, 6.45) is 3.23. The van der Waals surface area contributed by atoms with Crippen LogP contribution in [0.25, 0.3) is 0 Å². The first-order valence-corrected chi connectivity index (χ1v) is 6.25. The van der Waals surface area contributed by atoms with Crippen molar-refractivity contribution in [2.24, 2.45) is 13.0 Å². The zero-order valence-electron chi connectivity index (χ0n) is 9.56. The smallest absolute Gasteiger partial charge is 0.0847 e. The summed E-state index contributed by atoms with van der Waals surface area (Å²) in [7, 11) is 1.94. The molecule has 0 amide bonds. The van der Waals surface area contributed by atoms with Gasteiger partial charge in [0, 0.05) is 12.9 Å². The van der Waals surface area contributed by atoms with Crippen LogP contribution in [0.2, 0.25) is 5.02 Å². The fourth-order valence-electron chi connectivity index (χ4n) is 1.82. The molecule has 0 spiro atoms. The number of nitrogens with zero attached hydrogens (tertiary/aromatic N) is 2. The number of aromatic nitrogens is 2.